The molecule has 3 rings (SSSR count). The summed E-state index contributed by atoms with van der Waals surface area (Å²) in [6.07, 6.45) is 7.31. The Balaban J connectivity index is 1.78. The maximum absolute atomic E-state index is 11.0. The summed E-state index contributed by atoms with van der Waals surface area (Å²) in [5, 5.41) is 3.63. The minimum absolute atomic E-state index is 0.0109. The maximum Gasteiger partial charge on any atom is 0.290 e. The zero-order valence-electron chi connectivity index (χ0n) is 10.3. The molecule has 1 saturated carbocycles. The first kappa shape index (κ1) is 11.6. The summed E-state index contributed by atoms with van der Waals surface area (Å²) >= 11 is 0. The highest BCUT2D eigenvalue weighted by Gasteiger charge is 2.36. The molecule has 0 aromatic carbocycles. The quantitative estimate of drug-likeness (QED) is 0.872. The van der Waals surface area contributed by atoms with E-state index in [4.69, 9.17) is 10.3 Å². The van der Waals surface area contributed by atoms with Gasteiger partial charge in [-0.15, -0.1) is 0 Å². The third-order valence-corrected chi connectivity index (χ3v) is 4.04. The maximum atomic E-state index is 11.0. The number of carbonyl (C=O) groups excluding carboxylic acids is 1. The predicted octanol–water partition coefficient (Wildman–Crippen LogP) is 1.25. The van der Waals surface area contributed by atoms with Crippen LogP contribution in [0.4, 0.5) is 0 Å². The van der Waals surface area contributed by atoms with Gasteiger partial charge < -0.3 is 10.3 Å². The number of hydrogen-bond acceptors (Lipinski definition) is 5. The number of carbonyl (C=O) groups is 1. The highest BCUT2D eigenvalue weighted by Crippen LogP contribution is 2.37. The fourth-order valence-electron chi connectivity index (χ4n) is 3.20. The van der Waals surface area contributed by atoms with Crippen LogP contribution in [0.5, 0.6) is 0 Å². The van der Waals surface area contributed by atoms with E-state index < -0.39 is 5.91 Å². The molecule has 0 radical (unpaired) electrons. The van der Waals surface area contributed by atoms with E-state index in [0.717, 1.165) is 19.4 Å². The van der Waals surface area contributed by atoms with Gasteiger partial charge in [-0.25, -0.2) is 0 Å². The van der Waals surface area contributed by atoms with Gasteiger partial charge in [0.15, 0.2) is 0 Å². The van der Waals surface area contributed by atoms with Crippen LogP contribution in [0, 0.1) is 0 Å². The summed E-state index contributed by atoms with van der Waals surface area (Å²) in [6.45, 7) is 1.09. The molecule has 6 nitrogen and oxygen atoms in total. The van der Waals surface area contributed by atoms with E-state index in [-0.39, 0.29) is 11.9 Å². The predicted molar refractivity (Wildman–Crippen MR) is 63.8 cm³/mol. The normalized spacial score (nSPS) is 25.9. The molecule has 0 spiro atoms. The smallest absolute Gasteiger partial charge is 0.290 e. The van der Waals surface area contributed by atoms with Crippen LogP contribution in [0.25, 0.3) is 0 Å². The molecular formula is C12H18N4O2. The van der Waals surface area contributed by atoms with Gasteiger partial charge in [-0.2, -0.15) is 4.98 Å². The van der Waals surface area contributed by atoms with E-state index >= 15 is 0 Å². The first-order chi connectivity index (χ1) is 8.75. The second-order valence-corrected chi connectivity index (χ2v) is 5.15. The van der Waals surface area contributed by atoms with Crippen LogP contribution in [0.3, 0.4) is 0 Å². The monoisotopic (exact) mass is 250 g/mol. The summed E-state index contributed by atoms with van der Waals surface area (Å²) in [7, 11) is 0. The molecule has 1 aromatic heterocycles. The number of nitrogens with two attached hydrogens (primary N) is 1. The Bertz CT molecular complexity index is 439. The topological polar surface area (TPSA) is 85.2 Å². The van der Waals surface area contributed by atoms with Crippen molar-refractivity contribution in [3.05, 3.63) is 11.7 Å². The number of nitrogens with zero attached hydrogens (tertiary/aromatic N) is 3. The van der Waals surface area contributed by atoms with E-state index in [1.807, 2.05) is 0 Å². The van der Waals surface area contributed by atoms with Crippen molar-refractivity contribution in [1.82, 2.24) is 15.0 Å². The lowest BCUT2D eigenvalue weighted by atomic mass is 10.1. The minimum atomic E-state index is -0.629. The summed E-state index contributed by atoms with van der Waals surface area (Å²) < 4.78 is 5.20. The fraction of sp³-hybridized carbons (Fsp3) is 0.750. The molecular weight excluding hydrogens is 232 g/mol. The highest BCUT2D eigenvalue weighted by atomic mass is 16.5. The number of rotatable bonds is 3. The van der Waals surface area contributed by atoms with Crippen LogP contribution >= 0.6 is 0 Å². The first-order valence-corrected chi connectivity index (χ1v) is 6.65. The van der Waals surface area contributed by atoms with Gasteiger partial charge in [0, 0.05) is 6.04 Å². The van der Waals surface area contributed by atoms with Gasteiger partial charge in [-0.3, -0.25) is 9.69 Å². The molecule has 2 heterocycles. The molecule has 18 heavy (non-hydrogen) atoms. The molecule has 2 N–H and O–H groups in total. The van der Waals surface area contributed by atoms with E-state index in [0.29, 0.717) is 11.9 Å². The third-order valence-electron chi connectivity index (χ3n) is 4.04. The van der Waals surface area contributed by atoms with Crippen molar-refractivity contribution < 1.29 is 9.32 Å². The van der Waals surface area contributed by atoms with Crippen LogP contribution in [0.1, 0.15) is 61.1 Å². The van der Waals surface area contributed by atoms with Gasteiger partial charge in [-0.05, 0) is 32.2 Å². The molecule has 2 fully saturated rings. The van der Waals surface area contributed by atoms with Crippen LogP contribution in [-0.4, -0.2) is 33.5 Å². The Labute approximate surface area is 106 Å². The summed E-state index contributed by atoms with van der Waals surface area (Å²) in [5.74, 6) is -0.0908. The number of aromatic nitrogens is 2. The van der Waals surface area contributed by atoms with Crippen LogP contribution in [0.2, 0.25) is 0 Å². The number of amides is 1. The molecule has 2 aliphatic rings. The van der Waals surface area contributed by atoms with Crippen molar-refractivity contribution in [1.29, 1.82) is 0 Å². The molecule has 0 bridgehead atoms. The van der Waals surface area contributed by atoms with Crippen molar-refractivity contribution in [3.8, 4) is 0 Å². The van der Waals surface area contributed by atoms with Crippen molar-refractivity contribution >= 4 is 5.91 Å². The lowest BCUT2D eigenvalue weighted by Gasteiger charge is -2.27. The fourth-order valence-corrected chi connectivity index (χ4v) is 3.20. The SMILES string of the molecule is NC(=O)c1noc([C@H]2CCCN2C2CCCC2)n1. The number of hydrogen-bond donors (Lipinski definition) is 1. The highest BCUT2D eigenvalue weighted by molar-refractivity contribution is 5.88. The Kier molecular flexibility index (Phi) is 3.03. The van der Waals surface area contributed by atoms with Gasteiger partial charge in [0.2, 0.25) is 5.89 Å². The molecule has 1 aliphatic carbocycles. The minimum Gasteiger partial charge on any atom is -0.363 e. The molecule has 1 saturated heterocycles. The zero-order chi connectivity index (χ0) is 12.5. The summed E-state index contributed by atoms with van der Waals surface area (Å²) in [5.41, 5.74) is 5.15. The lowest BCUT2D eigenvalue weighted by Crippen LogP contribution is -2.32. The van der Waals surface area contributed by atoms with Gasteiger partial charge in [-0.1, -0.05) is 18.0 Å². The van der Waals surface area contributed by atoms with Gasteiger partial charge in [0.25, 0.3) is 11.7 Å². The van der Waals surface area contributed by atoms with Crippen LogP contribution in [-0.2, 0) is 0 Å². The van der Waals surface area contributed by atoms with Crippen LogP contribution in [0.15, 0.2) is 4.52 Å². The van der Waals surface area contributed by atoms with E-state index in [1.54, 1.807) is 0 Å². The van der Waals surface area contributed by atoms with Crippen LogP contribution < -0.4 is 5.73 Å². The van der Waals surface area contributed by atoms with E-state index in [9.17, 15) is 4.79 Å². The van der Waals surface area contributed by atoms with Crippen molar-refractivity contribution in [2.75, 3.05) is 6.54 Å². The molecule has 0 unspecified atom stereocenters. The van der Waals surface area contributed by atoms with Gasteiger partial charge in [0.05, 0.1) is 6.04 Å². The molecule has 1 amide bonds. The van der Waals surface area contributed by atoms with Gasteiger partial charge in [0.1, 0.15) is 0 Å². The Hall–Kier alpha value is -1.43. The number of likely N-dealkylation sites (tertiary alicyclic amines) is 1. The van der Waals surface area contributed by atoms with E-state index in [2.05, 4.69) is 15.0 Å². The van der Waals surface area contributed by atoms with Gasteiger partial charge >= 0.3 is 0 Å². The lowest BCUT2D eigenvalue weighted by molar-refractivity contribution is 0.0987. The zero-order valence-corrected chi connectivity index (χ0v) is 10.3. The number of primary amides is 1. The molecule has 6 heteroatoms. The van der Waals surface area contributed by atoms with Crippen molar-refractivity contribution in [2.24, 2.45) is 5.73 Å². The molecule has 1 aromatic rings. The summed E-state index contributed by atoms with van der Waals surface area (Å²) in [4.78, 5) is 17.6. The second kappa shape index (κ2) is 4.68. The average Bonchev–Trinajstić information content (AvgIpc) is 3.10. The van der Waals surface area contributed by atoms with E-state index in [1.165, 1.54) is 25.7 Å². The first-order valence-electron chi connectivity index (χ1n) is 6.65. The Morgan fingerprint density at radius 1 is 1.28 bits per heavy atom. The van der Waals surface area contributed by atoms with Crippen molar-refractivity contribution in [2.45, 2.75) is 50.6 Å². The molecule has 1 atom stereocenters. The molecule has 1 aliphatic heterocycles. The van der Waals surface area contributed by atoms with Crippen molar-refractivity contribution in [3.63, 3.8) is 0 Å². The summed E-state index contributed by atoms with van der Waals surface area (Å²) in [6, 6.07) is 0.815. The Morgan fingerprint density at radius 2 is 2.06 bits per heavy atom. The standard InChI is InChI=1S/C12H18N4O2/c13-10(17)11-14-12(18-15-11)9-6-3-7-16(9)8-4-1-2-5-8/h8-9H,1-7H2,(H2,13,17)/t9-/m1/s1. The average molecular weight is 250 g/mol. The Morgan fingerprint density at radius 3 is 2.72 bits per heavy atom. The molecule has 98 valence electrons. The second-order valence-electron chi connectivity index (χ2n) is 5.15. The largest absolute Gasteiger partial charge is 0.363 e. The third kappa shape index (κ3) is 2.01.